The largest absolute Gasteiger partial charge is 0.304 e. The Kier molecular flexibility index (Phi) is 4.37. The maximum absolute atomic E-state index is 4.30. The number of likely N-dealkylation sites (N-methyl/N-ethyl adjacent to an activating group) is 1. The molecule has 5 nitrogen and oxygen atoms in total. The lowest BCUT2D eigenvalue weighted by molar-refractivity contribution is 0.315. The summed E-state index contributed by atoms with van der Waals surface area (Å²) in [6.07, 6.45) is 4.99. The van der Waals surface area contributed by atoms with E-state index < -0.39 is 0 Å². The highest BCUT2D eigenvalue weighted by molar-refractivity contribution is 5.22. The van der Waals surface area contributed by atoms with Gasteiger partial charge in [0, 0.05) is 31.4 Å². The highest BCUT2D eigenvalue weighted by atomic mass is 15.3. The van der Waals surface area contributed by atoms with E-state index >= 15 is 0 Å². The molecule has 0 fully saturated rings. The van der Waals surface area contributed by atoms with Crippen LogP contribution in [0.4, 0.5) is 0 Å². The number of hydrogen-bond acceptors (Lipinski definition) is 3. The van der Waals surface area contributed by atoms with E-state index in [0.717, 1.165) is 31.7 Å². The number of aryl methyl sites for hydroxylation is 2. The second-order valence-electron chi connectivity index (χ2n) is 5.25. The fourth-order valence-corrected chi connectivity index (χ4v) is 2.06. The van der Waals surface area contributed by atoms with Gasteiger partial charge in [0.1, 0.15) is 0 Å². The molecule has 0 saturated heterocycles. The summed E-state index contributed by atoms with van der Waals surface area (Å²) in [6, 6.07) is 0. The first kappa shape index (κ1) is 13.8. The van der Waals surface area contributed by atoms with Crippen LogP contribution in [0.3, 0.4) is 0 Å². The van der Waals surface area contributed by atoms with Crippen molar-refractivity contribution >= 4 is 0 Å². The maximum Gasteiger partial charge on any atom is 0.0623 e. The molecule has 2 aromatic rings. The summed E-state index contributed by atoms with van der Waals surface area (Å²) < 4.78 is 2.00. The van der Waals surface area contributed by atoms with Gasteiger partial charge in [-0.25, -0.2) is 0 Å². The van der Waals surface area contributed by atoms with Crippen molar-refractivity contribution in [2.24, 2.45) is 0 Å². The van der Waals surface area contributed by atoms with Gasteiger partial charge in [0.2, 0.25) is 0 Å². The first-order valence-corrected chi connectivity index (χ1v) is 6.74. The first-order valence-electron chi connectivity index (χ1n) is 6.74. The minimum absolute atomic E-state index is 0.936. The average molecular weight is 261 g/mol. The molecule has 2 aromatic heterocycles. The molecule has 0 atom stereocenters. The van der Waals surface area contributed by atoms with Gasteiger partial charge in [-0.2, -0.15) is 10.2 Å². The Labute approximate surface area is 114 Å². The van der Waals surface area contributed by atoms with E-state index in [2.05, 4.69) is 47.3 Å². The van der Waals surface area contributed by atoms with Gasteiger partial charge in [0.25, 0.3) is 0 Å². The molecule has 2 rings (SSSR count). The van der Waals surface area contributed by atoms with Gasteiger partial charge in [-0.3, -0.25) is 9.78 Å². The topological polar surface area (TPSA) is 49.7 Å². The van der Waals surface area contributed by atoms with E-state index in [4.69, 9.17) is 0 Å². The van der Waals surface area contributed by atoms with Crippen LogP contribution in [0.15, 0.2) is 12.4 Å². The van der Waals surface area contributed by atoms with Crippen molar-refractivity contribution < 1.29 is 0 Å². The molecule has 104 valence electrons. The second kappa shape index (κ2) is 6.02. The van der Waals surface area contributed by atoms with Gasteiger partial charge in [0.15, 0.2) is 0 Å². The Bertz CT molecular complexity index is 526. The Balaban J connectivity index is 1.75. The van der Waals surface area contributed by atoms with Gasteiger partial charge in [-0.15, -0.1) is 0 Å². The molecule has 5 heteroatoms. The summed E-state index contributed by atoms with van der Waals surface area (Å²) in [5.74, 6) is 0. The van der Waals surface area contributed by atoms with E-state index in [1.165, 1.54) is 16.8 Å². The molecular formula is C14H23N5. The highest BCUT2D eigenvalue weighted by Crippen LogP contribution is 2.09. The van der Waals surface area contributed by atoms with E-state index in [1.54, 1.807) is 0 Å². The average Bonchev–Trinajstić information content (AvgIpc) is 2.93. The van der Waals surface area contributed by atoms with Crippen LogP contribution >= 0.6 is 0 Å². The molecule has 0 bridgehead atoms. The third-order valence-corrected chi connectivity index (χ3v) is 3.57. The number of nitrogens with one attached hydrogen (secondary N) is 1. The minimum atomic E-state index is 0.936. The van der Waals surface area contributed by atoms with Crippen molar-refractivity contribution in [2.45, 2.75) is 33.7 Å². The number of aromatic nitrogens is 4. The summed E-state index contributed by atoms with van der Waals surface area (Å²) in [7, 11) is 2.15. The van der Waals surface area contributed by atoms with Crippen molar-refractivity contribution in [3.05, 3.63) is 34.9 Å². The number of nitrogens with zero attached hydrogens (tertiary/aromatic N) is 4. The second-order valence-corrected chi connectivity index (χ2v) is 5.25. The fourth-order valence-electron chi connectivity index (χ4n) is 2.06. The molecule has 0 aliphatic heterocycles. The van der Waals surface area contributed by atoms with Crippen LogP contribution in [0, 0.1) is 20.8 Å². The lowest BCUT2D eigenvalue weighted by atomic mass is 10.1. The van der Waals surface area contributed by atoms with Crippen LogP contribution in [0.25, 0.3) is 0 Å². The predicted molar refractivity (Wildman–Crippen MR) is 76.2 cm³/mol. The molecule has 2 heterocycles. The first-order chi connectivity index (χ1) is 9.06. The van der Waals surface area contributed by atoms with Gasteiger partial charge in [-0.05, 0) is 38.9 Å². The third kappa shape index (κ3) is 3.67. The van der Waals surface area contributed by atoms with Crippen LogP contribution in [0.1, 0.15) is 22.5 Å². The monoisotopic (exact) mass is 261 g/mol. The van der Waals surface area contributed by atoms with Crippen LogP contribution in [-0.2, 0) is 13.0 Å². The molecular weight excluding hydrogens is 238 g/mol. The number of aromatic amines is 1. The van der Waals surface area contributed by atoms with Gasteiger partial charge < -0.3 is 4.90 Å². The molecule has 0 aliphatic rings. The third-order valence-electron chi connectivity index (χ3n) is 3.57. The van der Waals surface area contributed by atoms with Crippen molar-refractivity contribution in [2.75, 3.05) is 20.1 Å². The summed E-state index contributed by atoms with van der Waals surface area (Å²) in [6.45, 7) is 9.21. The van der Waals surface area contributed by atoms with Crippen LogP contribution in [0.5, 0.6) is 0 Å². The zero-order valence-electron chi connectivity index (χ0n) is 12.3. The predicted octanol–water partition coefficient (Wildman–Crippen LogP) is 1.71. The van der Waals surface area contributed by atoms with E-state index in [9.17, 15) is 0 Å². The Morgan fingerprint density at radius 2 is 2.05 bits per heavy atom. The molecule has 0 amide bonds. The Hall–Kier alpha value is -1.62. The minimum Gasteiger partial charge on any atom is -0.304 e. The molecule has 0 aliphatic carbocycles. The molecule has 0 spiro atoms. The highest BCUT2D eigenvalue weighted by Gasteiger charge is 2.06. The Morgan fingerprint density at radius 1 is 1.26 bits per heavy atom. The van der Waals surface area contributed by atoms with Crippen LogP contribution in [-0.4, -0.2) is 45.0 Å². The van der Waals surface area contributed by atoms with Crippen LogP contribution < -0.4 is 0 Å². The van der Waals surface area contributed by atoms with E-state index in [0.29, 0.717) is 0 Å². The molecule has 0 saturated carbocycles. The normalized spacial score (nSPS) is 11.4. The maximum atomic E-state index is 4.30. The van der Waals surface area contributed by atoms with Crippen molar-refractivity contribution in [1.29, 1.82) is 0 Å². The number of hydrogen-bond donors (Lipinski definition) is 1. The van der Waals surface area contributed by atoms with Crippen molar-refractivity contribution in [3.63, 3.8) is 0 Å². The van der Waals surface area contributed by atoms with Crippen molar-refractivity contribution in [1.82, 2.24) is 24.9 Å². The van der Waals surface area contributed by atoms with Crippen molar-refractivity contribution in [3.8, 4) is 0 Å². The van der Waals surface area contributed by atoms with Gasteiger partial charge in [0.05, 0.1) is 18.4 Å². The molecule has 1 N–H and O–H groups in total. The molecule has 0 radical (unpaired) electrons. The van der Waals surface area contributed by atoms with E-state index in [-0.39, 0.29) is 0 Å². The quantitative estimate of drug-likeness (QED) is 0.861. The zero-order chi connectivity index (χ0) is 13.8. The summed E-state index contributed by atoms with van der Waals surface area (Å²) >= 11 is 0. The number of H-pyrrole nitrogens is 1. The smallest absolute Gasteiger partial charge is 0.0623 e. The fraction of sp³-hybridized carbons (Fsp3) is 0.571. The molecule has 0 aromatic carbocycles. The summed E-state index contributed by atoms with van der Waals surface area (Å²) in [5, 5.41) is 11.6. The molecule has 19 heavy (non-hydrogen) atoms. The SMILES string of the molecule is Cc1cnn(CCN(C)CCc2[nH]nc(C)c2C)c1. The lowest BCUT2D eigenvalue weighted by Crippen LogP contribution is -2.26. The van der Waals surface area contributed by atoms with Gasteiger partial charge >= 0.3 is 0 Å². The lowest BCUT2D eigenvalue weighted by Gasteiger charge is -2.16. The number of rotatable bonds is 6. The van der Waals surface area contributed by atoms with Crippen LogP contribution in [0.2, 0.25) is 0 Å². The van der Waals surface area contributed by atoms with E-state index in [1.807, 2.05) is 17.8 Å². The summed E-state index contributed by atoms with van der Waals surface area (Å²) in [5.41, 5.74) is 4.85. The van der Waals surface area contributed by atoms with Gasteiger partial charge in [-0.1, -0.05) is 0 Å². The Morgan fingerprint density at radius 3 is 2.63 bits per heavy atom. The summed E-state index contributed by atoms with van der Waals surface area (Å²) in [4.78, 5) is 2.33. The zero-order valence-corrected chi connectivity index (χ0v) is 12.3. The molecule has 0 unspecified atom stereocenters. The standard InChI is InChI=1S/C14H23N5/c1-11-9-15-19(10-11)8-7-18(4)6-5-14-12(2)13(3)16-17-14/h9-10H,5-8H2,1-4H3,(H,16,17).